The molecule has 1 aliphatic carbocycles. The van der Waals surface area contributed by atoms with E-state index < -0.39 is 6.04 Å². The number of benzene rings is 2. The summed E-state index contributed by atoms with van der Waals surface area (Å²) in [6.45, 7) is 11.2. The molecule has 17 nitrogen and oxygen atoms in total. The highest BCUT2D eigenvalue weighted by atomic mass is 35.5. The number of halogens is 1. The monoisotopic (exact) mass is 894 g/mol. The molecule has 9 rings (SSSR count). The average molecular weight is 895 g/mol. The van der Waals surface area contributed by atoms with Gasteiger partial charge in [-0.3, -0.25) is 34.2 Å². The van der Waals surface area contributed by atoms with Gasteiger partial charge in [0.05, 0.1) is 23.9 Å². The van der Waals surface area contributed by atoms with E-state index in [1.807, 2.05) is 39.0 Å². The van der Waals surface area contributed by atoms with Gasteiger partial charge in [-0.2, -0.15) is 4.98 Å². The molecule has 0 spiro atoms. The van der Waals surface area contributed by atoms with Gasteiger partial charge in [0.15, 0.2) is 18.2 Å². The molecule has 0 unspecified atom stereocenters. The minimum atomic E-state index is -0.616. The van der Waals surface area contributed by atoms with Crippen molar-refractivity contribution in [2.75, 3.05) is 68.0 Å². The van der Waals surface area contributed by atoms with Gasteiger partial charge in [0, 0.05) is 93.7 Å². The van der Waals surface area contributed by atoms with Crippen LogP contribution in [0.25, 0.3) is 10.9 Å². The van der Waals surface area contributed by atoms with E-state index in [1.165, 1.54) is 7.05 Å². The Morgan fingerprint density at radius 1 is 0.953 bits per heavy atom. The van der Waals surface area contributed by atoms with Crippen molar-refractivity contribution in [2.45, 2.75) is 96.2 Å². The largest absolute Gasteiger partial charge is 0.478 e. The van der Waals surface area contributed by atoms with E-state index in [0.717, 1.165) is 92.7 Å². The quantitative estimate of drug-likeness (QED) is 0.171. The van der Waals surface area contributed by atoms with E-state index in [4.69, 9.17) is 26.1 Å². The second-order valence-corrected chi connectivity index (χ2v) is 18.2. The number of anilines is 4. The van der Waals surface area contributed by atoms with E-state index in [2.05, 4.69) is 47.8 Å². The number of rotatable bonds is 12. The van der Waals surface area contributed by atoms with Gasteiger partial charge in [-0.05, 0) is 100 Å². The van der Waals surface area contributed by atoms with Gasteiger partial charge in [0.25, 0.3) is 17.4 Å². The lowest BCUT2D eigenvalue weighted by Crippen LogP contribution is -2.56. The smallest absolute Gasteiger partial charge is 0.293 e. The fraction of sp³-hybridized carbons (Fsp3) is 0.500. The number of pyridine rings is 1. The fourth-order valence-electron chi connectivity index (χ4n) is 9.80. The fourth-order valence-corrected chi connectivity index (χ4v) is 9.94. The summed E-state index contributed by atoms with van der Waals surface area (Å²) in [5.41, 5.74) is 4.81. The highest BCUT2D eigenvalue weighted by Crippen LogP contribution is 2.36. The van der Waals surface area contributed by atoms with Crippen molar-refractivity contribution in [2.24, 2.45) is 0 Å². The van der Waals surface area contributed by atoms with Crippen molar-refractivity contribution < 1.29 is 28.7 Å². The second kappa shape index (κ2) is 18.0. The number of nitrogens with zero attached hydrogens (tertiary/aromatic N) is 7. The number of piperazine rings is 1. The Kier molecular flexibility index (Phi) is 12.2. The average Bonchev–Trinajstić information content (AvgIpc) is 3.60. The first kappa shape index (κ1) is 43.5. The minimum absolute atomic E-state index is 0.0940. The predicted octanol–water partition coefficient (Wildman–Crippen LogP) is 4.30. The first-order chi connectivity index (χ1) is 30.8. The van der Waals surface area contributed by atoms with Crippen molar-refractivity contribution in [1.29, 1.82) is 0 Å². The first-order valence-electron chi connectivity index (χ1n) is 22.3. The van der Waals surface area contributed by atoms with Crippen LogP contribution < -0.4 is 36.0 Å². The van der Waals surface area contributed by atoms with E-state index in [9.17, 15) is 24.0 Å². The van der Waals surface area contributed by atoms with Crippen LogP contribution in [0.1, 0.15) is 79.9 Å². The van der Waals surface area contributed by atoms with Crippen molar-refractivity contribution in [3.8, 4) is 5.75 Å². The van der Waals surface area contributed by atoms with Crippen LogP contribution in [0, 0.1) is 6.92 Å². The van der Waals surface area contributed by atoms with Crippen LogP contribution >= 0.6 is 11.6 Å². The lowest BCUT2D eigenvalue weighted by atomic mass is 9.87. The maximum absolute atomic E-state index is 13.4. The van der Waals surface area contributed by atoms with Gasteiger partial charge in [-0.1, -0.05) is 11.6 Å². The van der Waals surface area contributed by atoms with Gasteiger partial charge in [0.1, 0.15) is 11.1 Å². The number of hydrogen-bond donors (Lipinski definition) is 3. The zero-order valence-corrected chi connectivity index (χ0v) is 37.4. The summed E-state index contributed by atoms with van der Waals surface area (Å²) in [6, 6.07) is 11.3. The molecular weight excluding hydrogens is 840 g/mol. The first-order valence-corrected chi connectivity index (χ1v) is 22.7. The molecule has 0 bridgehead atoms. The Bertz CT molecular complexity index is 2550. The number of aromatic nitrogens is 3. The van der Waals surface area contributed by atoms with E-state index in [0.29, 0.717) is 47.0 Å². The van der Waals surface area contributed by atoms with Crippen LogP contribution in [0.3, 0.4) is 0 Å². The number of carbonyl (C=O) groups excluding carboxylic acids is 4. The molecule has 0 radical (unpaired) electrons. The Hall–Kier alpha value is -5.78. The maximum atomic E-state index is 13.4. The molecule has 1 saturated carbocycles. The van der Waals surface area contributed by atoms with Gasteiger partial charge in [-0.15, -0.1) is 0 Å². The van der Waals surface area contributed by atoms with Crippen LogP contribution in [0.2, 0.25) is 5.02 Å². The number of hydrogen-bond acceptors (Lipinski definition) is 13. The van der Waals surface area contributed by atoms with E-state index in [1.54, 1.807) is 21.7 Å². The number of nitrogens with one attached hydrogen (secondary N) is 3. The minimum Gasteiger partial charge on any atom is -0.478 e. The van der Waals surface area contributed by atoms with Crippen LogP contribution in [0.5, 0.6) is 5.75 Å². The lowest BCUT2D eigenvalue weighted by molar-refractivity contribution is -0.137. The maximum Gasteiger partial charge on any atom is 0.293 e. The molecule has 18 heteroatoms. The molecule has 3 saturated heterocycles. The van der Waals surface area contributed by atoms with Gasteiger partial charge in [-0.25, -0.2) is 4.98 Å². The number of carbonyl (C=O) groups is 4. The molecule has 5 aliphatic rings. The molecule has 1 atom stereocenters. The van der Waals surface area contributed by atoms with Crippen LogP contribution in [-0.4, -0.2) is 125 Å². The molecule has 2 aromatic carbocycles. The Morgan fingerprint density at radius 3 is 2.44 bits per heavy atom. The predicted molar refractivity (Wildman–Crippen MR) is 243 cm³/mol. The van der Waals surface area contributed by atoms with Crippen LogP contribution in [0.4, 0.5) is 23.1 Å². The van der Waals surface area contributed by atoms with Gasteiger partial charge < -0.3 is 39.4 Å². The highest BCUT2D eigenvalue weighted by Gasteiger charge is 2.41. The third kappa shape index (κ3) is 8.72. The topological polar surface area (TPSA) is 184 Å². The molecule has 4 aromatic rings. The van der Waals surface area contributed by atoms with E-state index >= 15 is 0 Å². The normalized spacial score (nSPS) is 21.9. The summed E-state index contributed by atoms with van der Waals surface area (Å²) in [7, 11) is 1.52. The van der Waals surface area contributed by atoms with Crippen LogP contribution in [-0.2, 0) is 25.7 Å². The van der Waals surface area contributed by atoms with Gasteiger partial charge >= 0.3 is 0 Å². The third-order valence-electron chi connectivity index (χ3n) is 13.3. The Labute approximate surface area is 376 Å². The molecule has 338 valence electrons. The molecule has 3 N–H and O–H groups in total. The molecule has 64 heavy (non-hydrogen) atoms. The summed E-state index contributed by atoms with van der Waals surface area (Å²) < 4.78 is 13.9. The van der Waals surface area contributed by atoms with Crippen molar-refractivity contribution in [3.63, 3.8) is 0 Å². The third-order valence-corrected chi connectivity index (χ3v) is 13.6. The lowest BCUT2D eigenvalue weighted by Gasteiger charge is -2.47. The van der Waals surface area contributed by atoms with Crippen LogP contribution in [0.15, 0.2) is 47.4 Å². The number of aryl methyl sites for hydroxylation is 1. The summed E-state index contributed by atoms with van der Waals surface area (Å²) in [5, 5.41) is 9.36. The molecule has 4 aliphatic heterocycles. The molecule has 4 amide bonds. The second-order valence-electron chi connectivity index (χ2n) is 17.8. The number of fused-ring (bicyclic) bond motifs is 2. The molecular formula is C46H55ClN10O7. The number of amides is 4. The number of piperidine rings is 2. The SMILES string of the molecule is CNC(=O)COc1cc2cc(Nc3nc(N4CCC(OC5CC(N6CCN(c7cc(C)c8c(c7)CN([C@@H]7CCC(=O)NC7=O)C8=O)CC6)C5)CC4)ncc3Cl)ccc2n(C(C)C)c1=O. The van der Waals surface area contributed by atoms with Gasteiger partial charge in [0.2, 0.25) is 17.8 Å². The van der Waals surface area contributed by atoms with Crippen molar-refractivity contribution in [3.05, 3.63) is 74.7 Å². The van der Waals surface area contributed by atoms with Crippen molar-refractivity contribution >= 4 is 69.3 Å². The summed E-state index contributed by atoms with van der Waals surface area (Å²) >= 11 is 6.60. The summed E-state index contributed by atoms with van der Waals surface area (Å²) in [6.07, 6.45) is 6.44. The number of likely N-dealkylation sites (N-methyl/N-ethyl adjacent to an activating group) is 1. The standard InChI is InChI=1S/C46H55ClN10O7/c1-26(2)57-36-6-5-30(18-28(36)20-38(44(57)61)63-25-40(59)48-4)50-42-35(47)23-49-46(52-42)55-11-9-33(10-12-55)64-34-21-32(22-34)54-15-13-53(14-16-54)31-17-27(3)41-29(19-31)24-56(45(41)62)37-7-8-39(58)51-43(37)60/h5-6,17-20,23,26,32-34,37H,7-16,21-22,24-25H2,1-4H3,(H,48,59)(H,49,50,52)(H,51,58,60)/t32?,34?,37-/m1/s1. The molecule has 2 aromatic heterocycles. The zero-order chi connectivity index (χ0) is 44.8. The number of imide groups is 1. The number of ether oxygens (including phenoxy) is 2. The zero-order valence-electron chi connectivity index (χ0n) is 36.7. The van der Waals surface area contributed by atoms with E-state index in [-0.39, 0.29) is 66.2 Å². The Morgan fingerprint density at radius 2 is 1.72 bits per heavy atom. The summed E-state index contributed by atoms with van der Waals surface area (Å²) in [5.74, 6) is 0.0163. The molecule has 4 fully saturated rings. The highest BCUT2D eigenvalue weighted by molar-refractivity contribution is 6.33. The van der Waals surface area contributed by atoms with Crippen molar-refractivity contribution in [1.82, 2.24) is 35.0 Å². The summed E-state index contributed by atoms with van der Waals surface area (Å²) in [4.78, 5) is 80.9. The Balaban J connectivity index is 0.745. The molecule has 6 heterocycles.